The molecule has 0 aliphatic carbocycles. The third-order valence-electron chi connectivity index (χ3n) is 2.47. The van der Waals surface area contributed by atoms with Crippen LogP contribution in [-0.2, 0) is 11.4 Å². The zero-order valence-electron chi connectivity index (χ0n) is 10.1. The largest absolute Gasteiger partial charge is 0.391 e. The third kappa shape index (κ3) is 3.64. The van der Waals surface area contributed by atoms with E-state index in [1.807, 2.05) is 30.3 Å². The summed E-state index contributed by atoms with van der Waals surface area (Å²) in [4.78, 5) is 15.4. The van der Waals surface area contributed by atoms with Gasteiger partial charge in [0, 0.05) is 6.07 Å². The van der Waals surface area contributed by atoms with Gasteiger partial charge in [-0.2, -0.15) is 0 Å². The van der Waals surface area contributed by atoms with E-state index in [1.165, 1.54) is 12.3 Å². The predicted octanol–water partition coefficient (Wildman–Crippen LogP) is 3.15. The molecule has 0 atom stereocenters. The third-order valence-corrected chi connectivity index (χ3v) is 2.47. The van der Waals surface area contributed by atoms with Gasteiger partial charge in [-0.15, -0.1) is 0 Å². The minimum absolute atomic E-state index is 0.00885. The van der Waals surface area contributed by atoms with Crippen molar-refractivity contribution in [3.8, 4) is 0 Å². The summed E-state index contributed by atoms with van der Waals surface area (Å²) in [6, 6.07) is 15.9. The molecule has 0 unspecified atom stereocenters. The second kappa shape index (κ2) is 6.30. The van der Waals surface area contributed by atoms with Crippen LogP contribution < -0.4 is 0 Å². The van der Waals surface area contributed by atoms with Crippen molar-refractivity contribution in [2.75, 3.05) is 0 Å². The first-order valence-corrected chi connectivity index (χ1v) is 5.70. The van der Waals surface area contributed by atoms with E-state index in [1.54, 1.807) is 18.2 Å². The van der Waals surface area contributed by atoms with Crippen LogP contribution in [0.25, 0.3) is 0 Å². The molecule has 0 aliphatic rings. The topological polar surface area (TPSA) is 64.7 Å². The van der Waals surface area contributed by atoms with Crippen LogP contribution >= 0.6 is 0 Å². The van der Waals surface area contributed by atoms with Gasteiger partial charge in [-0.05, 0) is 11.6 Å². The van der Waals surface area contributed by atoms with Gasteiger partial charge in [-0.3, -0.25) is 10.1 Å². The van der Waals surface area contributed by atoms with Gasteiger partial charge in [0.2, 0.25) is 0 Å². The van der Waals surface area contributed by atoms with Crippen LogP contribution in [0, 0.1) is 10.1 Å². The molecule has 0 radical (unpaired) electrons. The maximum absolute atomic E-state index is 10.8. The monoisotopic (exact) mass is 256 g/mol. The highest BCUT2D eigenvalue weighted by Crippen LogP contribution is 2.15. The number of oxime groups is 1. The Hall–Kier alpha value is -2.69. The average Bonchev–Trinajstić information content (AvgIpc) is 2.45. The second-order valence-electron chi connectivity index (χ2n) is 3.81. The van der Waals surface area contributed by atoms with Gasteiger partial charge >= 0.3 is 0 Å². The van der Waals surface area contributed by atoms with Gasteiger partial charge in [-0.1, -0.05) is 47.6 Å². The van der Waals surface area contributed by atoms with Crippen molar-refractivity contribution in [1.82, 2.24) is 0 Å². The molecule has 19 heavy (non-hydrogen) atoms. The van der Waals surface area contributed by atoms with E-state index < -0.39 is 4.92 Å². The summed E-state index contributed by atoms with van der Waals surface area (Å²) in [6.07, 6.45) is 1.35. The molecule has 0 fully saturated rings. The lowest BCUT2D eigenvalue weighted by atomic mass is 10.2. The van der Waals surface area contributed by atoms with Crippen LogP contribution in [-0.4, -0.2) is 11.1 Å². The summed E-state index contributed by atoms with van der Waals surface area (Å²) >= 11 is 0. The molecule has 2 aromatic carbocycles. The Morgan fingerprint density at radius 2 is 1.79 bits per heavy atom. The smallest absolute Gasteiger partial charge is 0.278 e. The Labute approximate surface area is 110 Å². The minimum Gasteiger partial charge on any atom is -0.391 e. The van der Waals surface area contributed by atoms with Crippen LogP contribution in [0.2, 0.25) is 0 Å². The van der Waals surface area contributed by atoms with Crippen molar-refractivity contribution in [2.45, 2.75) is 6.61 Å². The summed E-state index contributed by atoms with van der Waals surface area (Å²) in [7, 11) is 0. The minimum atomic E-state index is -0.446. The number of rotatable bonds is 5. The van der Waals surface area contributed by atoms with E-state index in [4.69, 9.17) is 4.84 Å². The lowest BCUT2D eigenvalue weighted by Crippen LogP contribution is -1.94. The van der Waals surface area contributed by atoms with Crippen molar-refractivity contribution >= 4 is 11.9 Å². The summed E-state index contributed by atoms with van der Waals surface area (Å²) in [5.74, 6) is 0. The number of hydrogen-bond acceptors (Lipinski definition) is 4. The van der Waals surface area contributed by atoms with Gasteiger partial charge in [0.15, 0.2) is 0 Å². The molecule has 5 heteroatoms. The van der Waals surface area contributed by atoms with Crippen LogP contribution in [0.5, 0.6) is 0 Å². The highest BCUT2D eigenvalue weighted by atomic mass is 16.6. The summed E-state index contributed by atoms with van der Waals surface area (Å²) in [5.41, 5.74) is 1.41. The molecule has 0 spiro atoms. The summed E-state index contributed by atoms with van der Waals surface area (Å²) in [6.45, 7) is 0.331. The zero-order valence-corrected chi connectivity index (χ0v) is 10.1. The van der Waals surface area contributed by atoms with Crippen LogP contribution in [0.1, 0.15) is 11.1 Å². The number of hydrogen-bond donors (Lipinski definition) is 0. The first-order valence-electron chi connectivity index (χ1n) is 5.70. The van der Waals surface area contributed by atoms with Crippen molar-refractivity contribution < 1.29 is 9.76 Å². The van der Waals surface area contributed by atoms with Crippen LogP contribution in [0.15, 0.2) is 59.8 Å². The van der Waals surface area contributed by atoms with Gasteiger partial charge < -0.3 is 4.84 Å². The molecule has 5 nitrogen and oxygen atoms in total. The molecule has 0 aliphatic heterocycles. The highest BCUT2D eigenvalue weighted by Gasteiger charge is 2.09. The number of para-hydroxylation sites is 1. The van der Waals surface area contributed by atoms with Gasteiger partial charge in [0.05, 0.1) is 16.7 Å². The van der Waals surface area contributed by atoms with Gasteiger partial charge in [0.25, 0.3) is 5.69 Å². The quantitative estimate of drug-likeness (QED) is 0.469. The number of nitro groups is 1. The molecular weight excluding hydrogens is 244 g/mol. The Kier molecular flexibility index (Phi) is 4.23. The zero-order chi connectivity index (χ0) is 13.5. The Morgan fingerprint density at radius 1 is 1.11 bits per heavy atom. The Balaban J connectivity index is 1.98. The molecule has 2 aromatic rings. The predicted molar refractivity (Wildman–Crippen MR) is 71.9 cm³/mol. The van der Waals surface area contributed by atoms with E-state index in [-0.39, 0.29) is 5.69 Å². The van der Waals surface area contributed by atoms with Gasteiger partial charge in [-0.25, -0.2) is 0 Å². The molecule has 96 valence electrons. The molecule has 0 amide bonds. The summed E-state index contributed by atoms with van der Waals surface area (Å²) in [5, 5.41) is 14.5. The molecule has 0 N–H and O–H groups in total. The van der Waals surface area contributed by atoms with E-state index in [9.17, 15) is 10.1 Å². The maximum atomic E-state index is 10.8. The van der Waals surface area contributed by atoms with Crippen LogP contribution in [0.3, 0.4) is 0 Å². The molecule has 0 heterocycles. The molecule has 0 saturated heterocycles. The molecule has 0 saturated carbocycles. The number of nitro benzene ring substituents is 1. The van der Waals surface area contributed by atoms with Crippen molar-refractivity contribution in [2.24, 2.45) is 5.16 Å². The van der Waals surface area contributed by atoms with E-state index in [0.717, 1.165) is 5.56 Å². The Morgan fingerprint density at radius 3 is 2.53 bits per heavy atom. The highest BCUT2D eigenvalue weighted by molar-refractivity contribution is 5.84. The van der Waals surface area contributed by atoms with E-state index in [0.29, 0.717) is 12.2 Å². The molecular formula is C14H12N2O3. The normalized spacial score (nSPS) is 10.5. The van der Waals surface area contributed by atoms with Crippen molar-refractivity contribution in [3.05, 3.63) is 75.8 Å². The van der Waals surface area contributed by atoms with E-state index >= 15 is 0 Å². The second-order valence-corrected chi connectivity index (χ2v) is 3.81. The number of nitrogens with zero attached hydrogens (tertiary/aromatic N) is 2. The molecule has 0 bridgehead atoms. The van der Waals surface area contributed by atoms with Crippen molar-refractivity contribution in [1.29, 1.82) is 0 Å². The fourth-order valence-electron chi connectivity index (χ4n) is 1.54. The lowest BCUT2D eigenvalue weighted by molar-refractivity contribution is -0.385. The Bertz CT molecular complexity index is 582. The van der Waals surface area contributed by atoms with E-state index in [2.05, 4.69) is 5.16 Å². The number of benzene rings is 2. The fraction of sp³-hybridized carbons (Fsp3) is 0.0714. The fourth-order valence-corrected chi connectivity index (χ4v) is 1.54. The van der Waals surface area contributed by atoms with Crippen LogP contribution in [0.4, 0.5) is 5.69 Å². The van der Waals surface area contributed by atoms with Gasteiger partial charge in [0.1, 0.15) is 6.61 Å². The SMILES string of the molecule is O=[N+]([O-])c1ccccc1/C=N\OCc1ccccc1. The molecule has 0 aromatic heterocycles. The first-order chi connectivity index (χ1) is 9.27. The lowest BCUT2D eigenvalue weighted by Gasteiger charge is -1.99. The average molecular weight is 256 g/mol. The van der Waals surface area contributed by atoms with Crippen molar-refractivity contribution in [3.63, 3.8) is 0 Å². The molecule has 2 rings (SSSR count). The standard InChI is InChI=1S/C14H12N2O3/c17-16(18)14-9-5-4-8-13(14)10-15-19-11-12-6-2-1-3-7-12/h1-10H,11H2/b15-10-. The first kappa shape index (κ1) is 12.8. The maximum Gasteiger partial charge on any atom is 0.278 e. The summed E-state index contributed by atoms with van der Waals surface area (Å²) < 4.78 is 0.